The van der Waals surface area contributed by atoms with E-state index in [2.05, 4.69) is 0 Å². The van der Waals surface area contributed by atoms with Crippen LogP contribution < -0.4 is 0 Å². The lowest BCUT2D eigenvalue weighted by Gasteiger charge is -2.36. The molecule has 17 heteroatoms. The third-order valence-corrected chi connectivity index (χ3v) is 10.5. The van der Waals surface area contributed by atoms with Crippen molar-refractivity contribution in [2.75, 3.05) is 26.2 Å². The zero-order valence-electron chi connectivity index (χ0n) is 21.6. The summed E-state index contributed by atoms with van der Waals surface area (Å²) in [5.41, 5.74) is -1.46. The molecule has 2 aromatic rings. The van der Waals surface area contributed by atoms with Crippen LogP contribution in [-0.2, 0) is 30.2 Å². The minimum absolute atomic E-state index is 0.0164. The van der Waals surface area contributed by atoms with Crippen LogP contribution in [0.15, 0.2) is 40.1 Å². The van der Waals surface area contributed by atoms with E-state index in [0.29, 0.717) is 0 Å². The van der Waals surface area contributed by atoms with E-state index in [9.17, 15) is 41.4 Å². The molecule has 0 aromatic heterocycles. The van der Waals surface area contributed by atoms with Crippen molar-refractivity contribution in [2.45, 2.75) is 42.1 Å². The molecule has 1 fully saturated rings. The predicted molar refractivity (Wildman–Crippen MR) is 149 cm³/mol. The molecular weight excluding hydrogens is 647 g/mol. The number of hydrogen-bond donors (Lipinski definition) is 2. The van der Waals surface area contributed by atoms with Gasteiger partial charge in [0.25, 0.3) is 9.05 Å². The van der Waals surface area contributed by atoms with Gasteiger partial charge in [-0.1, -0.05) is 23.2 Å². The molecule has 41 heavy (non-hydrogen) atoms. The summed E-state index contributed by atoms with van der Waals surface area (Å²) in [7, 11) is -3.10. The van der Waals surface area contributed by atoms with E-state index in [1.54, 1.807) is 13.8 Å². The lowest BCUT2D eigenvalue weighted by molar-refractivity contribution is 0.00387. The van der Waals surface area contributed by atoms with Gasteiger partial charge >= 0.3 is 18.0 Å². The van der Waals surface area contributed by atoms with Gasteiger partial charge in [0.15, 0.2) is 0 Å². The van der Waals surface area contributed by atoms with Crippen molar-refractivity contribution in [1.29, 1.82) is 0 Å². The Hall–Kier alpha value is -2.62. The number of ether oxygens (including phenoxy) is 1. The molecule has 1 aliphatic rings. The number of benzene rings is 2. The number of rotatable bonds is 9. The van der Waals surface area contributed by atoms with Gasteiger partial charge in [0, 0.05) is 36.9 Å². The Kier molecular flexibility index (Phi) is 9.88. The molecule has 0 aliphatic carbocycles. The summed E-state index contributed by atoms with van der Waals surface area (Å²) >= 11 is 12.0. The molecule has 1 amide bonds. The Morgan fingerprint density at radius 2 is 1.51 bits per heavy atom. The van der Waals surface area contributed by atoms with Gasteiger partial charge in [-0.15, -0.1) is 0 Å². The van der Waals surface area contributed by atoms with Crippen molar-refractivity contribution >= 4 is 71.0 Å². The van der Waals surface area contributed by atoms with Gasteiger partial charge in [0.05, 0.1) is 21.2 Å². The minimum Gasteiger partial charge on any atom is -0.478 e. The molecule has 0 atom stereocenters. The monoisotopic (exact) mass is 670 g/mol. The van der Waals surface area contributed by atoms with Crippen LogP contribution in [0.1, 0.15) is 46.5 Å². The molecule has 224 valence electrons. The maximum Gasteiger partial charge on any atom is 0.410 e. The van der Waals surface area contributed by atoms with Gasteiger partial charge in [0.2, 0.25) is 10.0 Å². The van der Waals surface area contributed by atoms with E-state index < -0.39 is 47.6 Å². The van der Waals surface area contributed by atoms with Crippen LogP contribution in [0, 0.1) is 0 Å². The number of carboxylic acid groups (broad SMARTS) is 2. The second-order valence-electron chi connectivity index (χ2n) is 9.65. The van der Waals surface area contributed by atoms with Gasteiger partial charge in [0.1, 0.15) is 15.4 Å². The number of sulfonamides is 1. The van der Waals surface area contributed by atoms with Gasteiger partial charge in [-0.05, 0) is 62.6 Å². The van der Waals surface area contributed by atoms with Crippen LogP contribution in [-0.4, -0.2) is 86.1 Å². The van der Waals surface area contributed by atoms with Crippen molar-refractivity contribution in [3.05, 3.63) is 57.1 Å². The highest BCUT2D eigenvalue weighted by atomic mass is 35.7. The van der Waals surface area contributed by atoms with Crippen molar-refractivity contribution in [3.63, 3.8) is 0 Å². The lowest BCUT2D eigenvalue weighted by atomic mass is 9.95. The lowest BCUT2D eigenvalue weighted by Crippen LogP contribution is -2.51. The third kappa shape index (κ3) is 7.81. The van der Waals surface area contributed by atoms with Gasteiger partial charge in [-0.25, -0.2) is 31.2 Å². The fourth-order valence-corrected chi connectivity index (χ4v) is 7.52. The number of carbonyl (C=O) groups excluding carboxylic acids is 1. The molecule has 0 unspecified atom stereocenters. The molecule has 12 nitrogen and oxygen atoms in total. The minimum atomic E-state index is -4.28. The van der Waals surface area contributed by atoms with Crippen molar-refractivity contribution < 1.29 is 46.2 Å². The zero-order chi connectivity index (χ0) is 30.9. The second kappa shape index (κ2) is 12.3. The summed E-state index contributed by atoms with van der Waals surface area (Å²) in [6, 6.07) is 5.43. The largest absolute Gasteiger partial charge is 0.478 e. The standard InChI is InChI=1S/C24H25Cl3N2O10S2/c1-24(2,6-5-14-11-18(26)19(40(27,35)36)13-16(14)22(32)33)39-23(34)28-7-9-29(10-8-28)41(37,38)20-12-15(21(30)31)3-4-17(20)25/h3-4,11-13H,5-10H2,1-2H3,(H,30,31)(H,32,33). The average molecular weight is 672 g/mol. The first kappa shape index (κ1) is 32.9. The van der Waals surface area contributed by atoms with Gasteiger partial charge in [-0.3, -0.25) is 0 Å². The van der Waals surface area contributed by atoms with Gasteiger partial charge < -0.3 is 19.8 Å². The van der Waals surface area contributed by atoms with E-state index in [0.717, 1.165) is 16.4 Å². The van der Waals surface area contributed by atoms with Crippen molar-refractivity contribution in [1.82, 2.24) is 9.21 Å². The fraction of sp³-hybridized carbons (Fsp3) is 0.375. The first-order valence-electron chi connectivity index (χ1n) is 11.8. The maximum atomic E-state index is 13.1. The quantitative estimate of drug-likeness (QED) is 0.368. The van der Waals surface area contributed by atoms with Crippen LogP contribution in [0.5, 0.6) is 0 Å². The molecule has 3 rings (SSSR count). The van der Waals surface area contributed by atoms with E-state index in [4.69, 9.17) is 38.6 Å². The fourth-order valence-electron chi connectivity index (χ4n) is 4.06. The second-order valence-corrected chi connectivity index (χ2v) is 14.9. The molecule has 1 aliphatic heterocycles. The molecule has 0 saturated carbocycles. The van der Waals surface area contributed by atoms with E-state index >= 15 is 0 Å². The number of nitrogens with zero attached hydrogens (tertiary/aromatic N) is 2. The molecule has 0 spiro atoms. The molecule has 1 saturated heterocycles. The first-order chi connectivity index (χ1) is 18.8. The van der Waals surface area contributed by atoms with E-state index in [1.165, 1.54) is 23.1 Å². The summed E-state index contributed by atoms with van der Waals surface area (Å²) in [5.74, 6) is -2.70. The van der Waals surface area contributed by atoms with Crippen molar-refractivity contribution in [3.8, 4) is 0 Å². The smallest absolute Gasteiger partial charge is 0.410 e. The summed E-state index contributed by atoms with van der Waals surface area (Å²) in [5, 5.41) is 18.3. The average Bonchev–Trinajstić information content (AvgIpc) is 2.86. The number of halogens is 3. The Balaban J connectivity index is 1.65. The highest BCUT2D eigenvalue weighted by Gasteiger charge is 2.34. The number of aromatic carboxylic acids is 2. The first-order valence-corrected chi connectivity index (χ1v) is 16.4. The molecule has 2 aromatic carbocycles. The highest BCUT2D eigenvalue weighted by molar-refractivity contribution is 8.13. The summed E-state index contributed by atoms with van der Waals surface area (Å²) in [6.45, 7) is 2.98. The molecule has 0 radical (unpaired) electrons. The van der Waals surface area contributed by atoms with Crippen LogP contribution >= 0.6 is 33.9 Å². The molecule has 0 bridgehead atoms. The normalized spacial score (nSPS) is 15.0. The Morgan fingerprint density at radius 1 is 0.902 bits per heavy atom. The number of amides is 1. The van der Waals surface area contributed by atoms with Crippen LogP contribution in [0.4, 0.5) is 4.79 Å². The number of hydrogen-bond acceptors (Lipinski definition) is 8. The maximum absolute atomic E-state index is 13.1. The molecular formula is C24H25Cl3N2O10S2. The highest BCUT2D eigenvalue weighted by Crippen LogP contribution is 2.31. The van der Waals surface area contributed by atoms with Crippen molar-refractivity contribution in [2.24, 2.45) is 0 Å². The number of aryl methyl sites for hydroxylation is 1. The number of carbonyl (C=O) groups is 3. The summed E-state index contributed by atoms with van der Waals surface area (Å²) < 4.78 is 56.3. The van der Waals surface area contributed by atoms with Crippen LogP contribution in [0.25, 0.3) is 0 Å². The SMILES string of the molecule is CC(C)(CCc1cc(Cl)c(S(=O)(=O)Cl)cc1C(=O)O)OC(=O)N1CCN(S(=O)(=O)c2cc(C(=O)O)ccc2Cl)CC1. The Bertz CT molecular complexity index is 1600. The Morgan fingerprint density at radius 3 is 2.05 bits per heavy atom. The predicted octanol–water partition coefficient (Wildman–Crippen LogP) is 4.17. The summed E-state index contributed by atoms with van der Waals surface area (Å²) in [4.78, 5) is 36.3. The Labute approximate surface area is 250 Å². The van der Waals surface area contributed by atoms with Crippen LogP contribution in [0.2, 0.25) is 10.0 Å². The topological polar surface area (TPSA) is 176 Å². The zero-order valence-corrected chi connectivity index (χ0v) is 25.5. The number of carboxylic acids is 2. The summed E-state index contributed by atoms with van der Waals surface area (Å²) in [6.07, 6.45) is -0.528. The van der Waals surface area contributed by atoms with Gasteiger partial charge in [-0.2, -0.15) is 4.31 Å². The van der Waals surface area contributed by atoms with E-state index in [1.807, 2.05) is 0 Å². The number of piperazine rings is 1. The third-order valence-electron chi connectivity index (χ3n) is 6.30. The van der Waals surface area contributed by atoms with E-state index in [-0.39, 0.29) is 70.7 Å². The van der Waals surface area contributed by atoms with Crippen LogP contribution in [0.3, 0.4) is 0 Å². The molecule has 1 heterocycles. The molecule has 2 N–H and O–H groups in total.